The minimum absolute atomic E-state index is 0.381. The van der Waals surface area contributed by atoms with Gasteiger partial charge in [0.25, 0.3) is 0 Å². The lowest BCUT2D eigenvalue weighted by atomic mass is 10.3. The molecular formula is C10H11NO3S. The van der Waals surface area contributed by atoms with Crippen LogP contribution in [0.15, 0.2) is 42.8 Å². The smallest absolute Gasteiger partial charge is 0.229 e. The number of benzene rings is 1. The van der Waals surface area contributed by atoms with Crippen LogP contribution >= 0.6 is 0 Å². The van der Waals surface area contributed by atoms with E-state index in [9.17, 15) is 8.42 Å². The van der Waals surface area contributed by atoms with Gasteiger partial charge in [-0.15, -0.1) is 0 Å². The molecular weight excluding hydrogens is 214 g/mol. The SMILES string of the molecule is C=C=COc1ccccc1NS(C)(=O)=O. The van der Waals surface area contributed by atoms with E-state index in [2.05, 4.69) is 17.0 Å². The summed E-state index contributed by atoms with van der Waals surface area (Å²) in [6, 6.07) is 6.69. The van der Waals surface area contributed by atoms with E-state index in [4.69, 9.17) is 4.74 Å². The average Bonchev–Trinajstić information content (AvgIpc) is 2.14. The summed E-state index contributed by atoms with van der Waals surface area (Å²) in [5, 5.41) is 0. The summed E-state index contributed by atoms with van der Waals surface area (Å²) in [6.45, 7) is 3.34. The number of anilines is 1. The van der Waals surface area contributed by atoms with Crippen LogP contribution in [-0.2, 0) is 10.0 Å². The van der Waals surface area contributed by atoms with Gasteiger partial charge in [0.1, 0.15) is 6.26 Å². The summed E-state index contributed by atoms with van der Waals surface area (Å²) in [5.41, 5.74) is 2.81. The van der Waals surface area contributed by atoms with Gasteiger partial charge < -0.3 is 4.74 Å². The molecule has 0 atom stereocenters. The molecule has 0 aliphatic carbocycles. The van der Waals surface area contributed by atoms with Gasteiger partial charge in [0, 0.05) is 0 Å². The normalized spacial score (nSPS) is 10.2. The fraction of sp³-hybridized carbons (Fsp3) is 0.100. The Hall–Kier alpha value is -1.71. The minimum Gasteiger partial charge on any atom is -0.455 e. The van der Waals surface area contributed by atoms with Crippen LogP contribution in [-0.4, -0.2) is 14.7 Å². The molecule has 0 saturated carbocycles. The van der Waals surface area contributed by atoms with Gasteiger partial charge in [-0.2, -0.15) is 0 Å². The molecule has 0 amide bonds. The van der Waals surface area contributed by atoms with Gasteiger partial charge in [0.05, 0.1) is 11.9 Å². The highest BCUT2D eigenvalue weighted by Crippen LogP contribution is 2.24. The maximum Gasteiger partial charge on any atom is 0.229 e. The Kier molecular flexibility index (Phi) is 3.55. The van der Waals surface area contributed by atoms with E-state index in [1.54, 1.807) is 24.3 Å². The molecule has 1 rings (SSSR count). The molecule has 4 nitrogen and oxygen atoms in total. The Morgan fingerprint density at radius 2 is 2.13 bits per heavy atom. The monoisotopic (exact) mass is 225 g/mol. The fourth-order valence-corrected chi connectivity index (χ4v) is 1.53. The summed E-state index contributed by atoms with van der Waals surface area (Å²) < 4.78 is 29.5. The van der Waals surface area contributed by atoms with Crippen LogP contribution in [0.1, 0.15) is 0 Å². The van der Waals surface area contributed by atoms with Crippen molar-refractivity contribution < 1.29 is 13.2 Å². The van der Waals surface area contributed by atoms with E-state index in [0.717, 1.165) is 6.26 Å². The zero-order chi connectivity index (χ0) is 11.3. The number of nitrogens with one attached hydrogen (secondary N) is 1. The lowest BCUT2D eigenvalue weighted by molar-refractivity contribution is 0.485. The first kappa shape index (κ1) is 11.4. The lowest BCUT2D eigenvalue weighted by Crippen LogP contribution is -2.10. The molecule has 0 heterocycles. The quantitative estimate of drug-likeness (QED) is 0.627. The standard InChI is InChI=1S/C10H11NO3S/c1-3-8-14-10-7-5-4-6-9(10)11-15(2,12)13/h4-8,11H,1H2,2H3. The van der Waals surface area contributed by atoms with Crippen LogP contribution in [0.2, 0.25) is 0 Å². The predicted octanol–water partition coefficient (Wildman–Crippen LogP) is 1.74. The van der Waals surface area contributed by atoms with Gasteiger partial charge in [0.15, 0.2) is 5.75 Å². The molecule has 5 heteroatoms. The first-order chi connectivity index (χ1) is 7.03. The topological polar surface area (TPSA) is 55.4 Å². The second-order valence-electron chi connectivity index (χ2n) is 2.81. The Morgan fingerprint density at radius 3 is 2.73 bits per heavy atom. The Morgan fingerprint density at radius 1 is 1.47 bits per heavy atom. The van der Waals surface area contributed by atoms with Gasteiger partial charge >= 0.3 is 0 Å². The summed E-state index contributed by atoms with van der Waals surface area (Å²) in [7, 11) is -3.30. The molecule has 80 valence electrons. The van der Waals surface area contributed by atoms with Crippen molar-refractivity contribution in [3.8, 4) is 5.75 Å². The van der Waals surface area contributed by atoms with Crippen LogP contribution in [0, 0.1) is 0 Å². The number of para-hydroxylation sites is 2. The summed E-state index contributed by atoms with van der Waals surface area (Å²) >= 11 is 0. The molecule has 0 fully saturated rings. The third-order valence-electron chi connectivity index (χ3n) is 1.45. The van der Waals surface area contributed by atoms with Crippen molar-refractivity contribution in [3.05, 3.63) is 42.8 Å². The zero-order valence-corrected chi connectivity index (χ0v) is 9.04. The zero-order valence-electron chi connectivity index (χ0n) is 8.23. The van der Waals surface area contributed by atoms with Crippen molar-refractivity contribution in [2.24, 2.45) is 0 Å². The summed E-state index contributed by atoms with van der Waals surface area (Å²) in [5.74, 6) is 0.402. The highest BCUT2D eigenvalue weighted by Gasteiger charge is 2.06. The Balaban J connectivity index is 3.01. The van der Waals surface area contributed by atoms with E-state index in [1.807, 2.05) is 0 Å². The van der Waals surface area contributed by atoms with Crippen LogP contribution in [0.5, 0.6) is 5.75 Å². The number of ether oxygens (including phenoxy) is 1. The molecule has 0 saturated heterocycles. The molecule has 0 bridgehead atoms. The van der Waals surface area contributed by atoms with Crippen molar-refractivity contribution in [3.63, 3.8) is 0 Å². The largest absolute Gasteiger partial charge is 0.455 e. The molecule has 1 aromatic carbocycles. The predicted molar refractivity (Wildman–Crippen MR) is 59.2 cm³/mol. The third kappa shape index (κ3) is 3.89. The molecule has 0 spiro atoms. The molecule has 15 heavy (non-hydrogen) atoms. The van der Waals surface area contributed by atoms with E-state index in [1.165, 1.54) is 6.26 Å². The minimum atomic E-state index is -3.30. The Bertz CT molecular complexity index is 487. The number of hydrogen-bond donors (Lipinski definition) is 1. The third-order valence-corrected chi connectivity index (χ3v) is 2.04. The fourth-order valence-electron chi connectivity index (χ4n) is 0.959. The van der Waals surface area contributed by atoms with Crippen LogP contribution in [0.4, 0.5) is 5.69 Å². The maximum absolute atomic E-state index is 11.0. The van der Waals surface area contributed by atoms with Crippen molar-refractivity contribution in [2.75, 3.05) is 11.0 Å². The van der Waals surface area contributed by atoms with Crippen molar-refractivity contribution in [1.82, 2.24) is 0 Å². The average molecular weight is 225 g/mol. The molecule has 0 aromatic heterocycles. The summed E-state index contributed by atoms with van der Waals surface area (Å²) in [6.07, 6.45) is 2.33. The van der Waals surface area contributed by atoms with E-state index in [-0.39, 0.29) is 0 Å². The summed E-state index contributed by atoms with van der Waals surface area (Å²) in [4.78, 5) is 0. The van der Waals surface area contributed by atoms with Crippen molar-refractivity contribution >= 4 is 15.7 Å². The van der Waals surface area contributed by atoms with E-state index in [0.29, 0.717) is 11.4 Å². The van der Waals surface area contributed by atoms with Gasteiger partial charge in [-0.1, -0.05) is 24.4 Å². The van der Waals surface area contributed by atoms with E-state index >= 15 is 0 Å². The molecule has 1 aromatic rings. The number of sulfonamides is 1. The van der Waals surface area contributed by atoms with E-state index < -0.39 is 10.0 Å². The first-order valence-electron chi connectivity index (χ1n) is 4.11. The highest BCUT2D eigenvalue weighted by atomic mass is 32.2. The van der Waals surface area contributed by atoms with Crippen LogP contribution < -0.4 is 9.46 Å². The molecule has 1 N–H and O–H groups in total. The molecule has 0 radical (unpaired) electrons. The van der Waals surface area contributed by atoms with Gasteiger partial charge in [-0.3, -0.25) is 4.72 Å². The molecule has 0 aliphatic rings. The van der Waals surface area contributed by atoms with Gasteiger partial charge in [-0.25, -0.2) is 8.42 Å². The Labute approximate surface area is 88.9 Å². The van der Waals surface area contributed by atoms with Gasteiger partial charge in [-0.05, 0) is 12.1 Å². The lowest BCUT2D eigenvalue weighted by Gasteiger charge is -2.08. The second kappa shape index (κ2) is 4.68. The molecule has 0 unspecified atom stereocenters. The van der Waals surface area contributed by atoms with Gasteiger partial charge in [0.2, 0.25) is 10.0 Å². The van der Waals surface area contributed by atoms with Crippen molar-refractivity contribution in [1.29, 1.82) is 0 Å². The van der Waals surface area contributed by atoms with Crippen LogP contribution in [0.25, 0.3) is 0 Å². The maximum atomic E-state index is 11.0. The molecule has 0 aliphatic heterocycles. The highest BCUT2D eigenvalue weighted by molar-refractivity contribution is 7.92. The van der Waals surface area contributed by atoms with Crippen molar-refractivity contribution in [2.45, 2.75) is 0 Å². The first-order valence-corrected chi connectivity index (χ1v) is 6.00. The number of rotatable bonds is 4. The number of hydrogen-bond acceptors (Lipinski definition) is 3. The second-order valence-corrected chi connectivity index (χ2v) is 4.56. The van der Waals surface area contributed by atoms with Crippen LogP contribution in [0.3, 0.4) is 0 Å².